The first-order valence-corrected chi connectivity index (χ1v) is 15.2. The molecular weight excluding hydrogens is 573 g/mol. The first kappa shape index (κ1) is 34.8. The van der Waals surface area contributed by atoms with Gasteiger partial charge in [-0.1, -0.05) is 39.3 Å². The van der Waals surface area contributed by atoms with Gasteiger partial charge in [-0.15, -0.1) is 0 Å². The van der Waals surface area contributed by atoms with Gasteiger partial charge in [0.25, 0.3) is 5.91 Å². The molecule has 2 aliphatic heterocycles. The minimum absolute atomic E-state index is 0.0279. The van der Waals surface area contributed by atoms with E-state index in [1.165, 1.54) is 23.2 Å². The van der Waals surface area contributed by atoms with Gasteiger partial charge in [0.15, 0.2) is 5.70 Å². The molecule has 13 heteroatoms. The molecule has 1 fully saturated rings. The number of ether oxygens (including phenoxy) is 1. The van der Waals surface area contributed by atoms with E-state index in [1.54, 1.807) is 18.1 Å². The number of nitrogens with one attached hydrogen (secondary N) is 2. The summed E-state index contributed by atoms with van der Waals surface area (Å²) in [4.78, 5) is 40.3. The maximum atomic E-state index is 15.3. The van der Waals surface area contributed by atoms with Gasteiger partial charge in [0.2, 0.25) is 0 Å². The van der Waals surface area contributed by atoms with E-state index in [4.69, 9.17) is 4.74 Å². The number of aliphatic hydroxyl groups is 1. The highest BCUT2D eigenvalue weighted by Gasteiger charge is 2.42. The van der Waals surface area contributed by atoms with E-state index < -0.39 is 35.5 Å². The third-order valence-corrected chi connectivity index (χ3v) is 7.73. The van der Waals surface area contributed by atoms with Gasteiger partial charge in [-0.25, -0.2) is 19.0 Å². The highest BCUT2D eigenvalue weighted by Crippen LogP contribution is 2.36. The topological polar surface area (TPSA) is 155 Å². The van der Waals surface area contributed by atoms with Gasteiger partial charge in [-0.05, 0) is 56.1 Å². The number of para-hydroxylation sites is 1. The molecule has 2 heterocycles. The number of aliphatic hydroxyl groups excluding tert-OH is 1. The fourth-order valence-corrected chi connectivity index (χ4v) is 5.71. The number of carboxylic acid groups (broad SMARTS) is 2. The fourth-order valence-electron chi connectivity index (χ4n) is 5.71. The number of carboxylic acids is 2. The Morgan fingerprint density at radius 3 is 2.52 bits per heavy atom. The zero-order valence-corrected chi connectivity index (χ0v) is 26.0. The molecule has 3 atom stereocenters. The third kappa shape index (κ3) is 8.70. The molecule has 5 N–H and O–H groups in total. The van der Waals surface area contributed by atoms with Crippen LogP contribution in [-0.2, 0) is 19.1 Å². The summed E-state index contributed by atoms with van der Waals surface area (Å²) >= 11 is 0. The molecule has 244 valence electrons. The van der Waals surface area contributed by atoms with Crippen LogP contribution in [0.5, 0.6) is 0 Å². The van der Waals surface area contributed by atoms with Crippen molar-refractivity contribution in [3.63, 3.8) is 0 Å². The van der Waals surface area contributed by atoms with Gasteiger partial charge >= 0.3 is 11.9 Å². The van der Waals surface area contributed by atoms with Gasteiger partial charge < -0.3 is 30.3 Å². The Bertz CT molecular complexity index is 1220. The monoisotopic (exact) mass is 619 g/mol. The molecule has 0 aliphatic carbocycles. The Morgan fingerprint density at radius 2 is 1.91 bits per heavy atom. The summed E-state index contributed by atoms with van der Waals surface area (Å²) in [6.07, 6.45) is 3.40. The number of amides is 1. The predicted octanol–water partition coefficient (Wildman–Crippen LogP) is 3.07. The summed E-state index contributed by atoms with van der Waals surface area (Å²) in [5.41, 5.74) is 2.42. The van der Waals surface area contributed by atoms with Crippen LogP contribution in [-0.4, -0.2) is 88.7 Å². The lowest BCUT2D eigenvalue weighted by Gasteiger charge is -2.40. The van der Waals surface area contributed by atoms with Gasteiger partial charge in [-0.3, -0.25) is 10.2 Å². The van der Waals surface area contributed by atoms with Crippen molar-refractivity contribution >= 4 is 23.5 Å². The second kappa shape index (κ2) is 16.4. The number of carbonyl (C=O) groups is 3. The number of benzene rings is 1. The molecule has 2 aliphatic rings. The third-order valence-electron chi connectivity index (χ3n) is 7.73. The highest BCUT2D eigenvalue weighted by molar-refractivity contribution is 5.97. The molecule has 1 unspecified atom stereocenters. The number of unbranched alkanes of at least 4 members (excludes halogenated alkanes) is 1. The average Bonchev–Trinajstić information content (AvgIpc) is 3.35. The summed E-state index contributed by atoms with van der Waals surface area (Å²) in [5.74, 6) is -4.21. The number of aliphatic carboxylic acids is 2. The second-order valence-corrected chi connectivity index (χ2v) is 11.6. The summed E-state index contributed by atoms with van der Waals surface area (Å²) in [5, 5.41) is 35.8. The fraction of sp³-hybridized carbons (Fsp3) is 0.581. The molecule has 1 amide bonds. The number of hydrazine groups is 2. The molecule has 1 aromatic rings. The molecule has 1 saturated heterocycles. The number of anilines is 1. The maximum Gasteiger partial charge on any atom is 0.356 e. The van der Waals surface area contributed by atoms with Gasteiger partial charge in [-0.2, -0.15) is 5.12 Å². The number of nitrogens with zero attached hydrogens (tertiary/aromatic N) is 3. The van der Waals surface area contributed by atoms with Crippen LogP contribution < -0.4 is 15.8 Å². The smallest absolute Gasteiger partial charge is 0.356 e. The first-order valence-electron chi connectivity index (χ1n) is 15.2. The standard InChI is InChI=1S/C31H46FN5O7/c1-5-10-27(38)21-15-22(18-33-17-21)35(19-20(2)3)30(41)29-25(13-8-9-14-44-4)36(24-12-7-6-11-23(24)32)37(34-29)26(31(42)43)16-28(39)40/h6-7,11-12,16,20-22,27,33-34,38H,5,8-10,13-15,17-19H2,1-4H3,(H,39,40)(H,42,43)/b26-16+/t21-,22+,27?/m1/s1. The number of allylic oxidation sites excluding steroid dienone is 1. The number of rotatable bonds is 16. The quantitative estimate of drug-likeness (QED) is 0.137. The maximum absolute atomic E-state index is 15.3. The number of hydrogen-bond donors (Lipinski definition) is 5. The number of methoxy groups -OCH3 is 1. The molecule has 0 radical (unpaired) electrons. The lowest BCUT2D eigenvalue weighted by molar-refractivity contribution is -0.137. The van der Waals surface area contributed by atoms with E-state index in [9.17, 15) is 29.7 Å². The van der Waals surface area contributed by atoms with E-state index in [1.807, 2.05) is 20.8 Å². The van der Waals surface area contributed by atoms with E-state index in [0.717, 1.165) is 11.5 Å². The number of halogens is 1. The van der Waals surface area contributed by atoms with Crippen LogP contribution in [0, 0.1) is 17.7 Å². The molecule has 0 saturated carbocycles. The zero-order valence-electron chi connectivity index (χ0n) is 26.0. The normalized spacial score (nSPS) is 19.8. The zero-order chi connectivity index (χ0) is 32.4. The lowest BCUT2D eigenvalue weighted by Crippen LogP contribution is -2.55. The van der Waals surface area contributed by atoms with Crippen LogP contribution in [0.1, 0.15) is 59.3 Å². The highest BCUT2D eigenvalue weighted by atomic mass is 19.1. The lowest BCUT2D eigenvalue weighted by atomic mass is 9.87. The van der Waals surface area contributed by atoms with Crippen molar-refractivity contribution in [1.82, 2.24) is 20.8 Å². The second-order valence-electron chi connectivity index (χ2n) is 11.6. The van der Waals surface area contributed by atoms with Gasteiger partial charge in [0.1, 0.15) is 17.2 Å². The van der Waals surface area contributed by atoms with Crippen molar-refractivity contribution in [3.05, 3.63) is 53.2 Å². The summed E-state index contributed by atoms with van der Waals surface area (Å²) in [6.45, 7) is 7.93. The van der Waals surface area contributed by atoms with Crippen LogP contribution in [0.25, 0.3) is 0 Å². The molecule has 12 nitrogen and oxygen atoms in total. The van der Waals surface area contributed by atoms with Crippen molar-refractivity contribution in [2.45, 2.75) is 71.4 Å². The SMILES string of the molecule is CCCC(O)[C@H]1CNC[C@@H](N(CC(C)C)C(=O)C2=C(CCCCOC)N(c3ccccc3F)N(/C(=C/C(=O)O)C(=O)O)N2)C1. The Labute approximate surface area is 258 Å². The Morgan fingerprint density at radius 1 is 1.18 bits per heavy atom. The molecule has 1 aromatic carbocycles. The van der Waals surface area contributed by atoms with E-state index in [2.05, 4.69) is 10.7 Å². The Balaban J connectivity index is 2.15. The Hall–Kier alpha value is -3.68. The van der Waals surface area contributed by atoms with Crippen molar-refractivity contribution in [3.8, 4) is 0 Å². The minimum atomic E-state index is -1.59. The number of carbonyl (C=O) groups excluding carboxylic acids is 1. The predicted molar refractivity (Wildman–Crippen MR) is 162 cm³/mol. The molecule has 3 rings (SSSR count). The molecule has 44 heavy (non-hydrogen) atoms. The molecule has 0 bridgehead atoms. The molecule has 0 aromatic heterocycles. The number of piperidine rings is 1. The first-order chi connectivity index (χ1) is 21.0. The number of hydrogen-bond acceptors (Lipinski definition) is 9. The molecular formula is C31H46FN5O7. The Kier molecular flexibility index (Phi) is 13.0. The van der Waals surface area contributed by atoms with E-state index in [0.29, 0.717) is 63.7 Å². The average molecular weight is 620 g/mol. The largest absolute Gasteiger partial charge is 0.478 e. The van der Waals surface area contributed by atoms with Crippen molar-refractivity contribution in [1.29, 1.82) is 0 Å². The van der Waals surface area contributed by atoms with Crippen LogP contribution in [0.4, 0.5) is 10.1 Å². The van der Waals surface area contributed by atoms with Crippen molar-refractivity contribution in [2.75, 3.05) is 38.4 Å². The minimum Gasteiger partial charge on any atom is -0.478 e. The summed E-state index contributed by atoms with van der Waals surface area (Å²) < 4.78 is 20.5. The van der Waals surface area contributed by atoms with Crippen LogP contribution in [0.15, 0.2) is 47.4 Å². The summed E-state index contributed by atoms with van der Waals surface area (Å²) in [7, 11) is 1.57. The van der Waals surface area contributed by atoms with Gasteiger partial charge in [0.05, 0.1) is 17.9 Å². The van der Waals surface area contributed by atoms with Crippen molar-refractivity contribution < 1.29 is 38.8 Å². The van der Waals surface area contributed by atoms with E-state index in [-0.39, 0.29) is 35.7 Å². The molecule has 0 spiro atoms. The van der Waals surface area contributed by atoms with Crippen LogP contribution >= 0.6 is 0 Å². The van der Waals surface area contributed by atoms with Crippen LogP contribution in [0.2, 0.25) is 0 Å². The summed E-state index contributed by atoms with van der Waals surface area (Å²) in [6, 6.07) is 5.42. The van der Waals surface area contributed by atoms with Crippen molar-refractivity contribution in [2.24, 2.45) is 11.8 Å². The van der Waals surface area contributed by atoms with Crippen LogP contribution in [0.3, 0.4) is 0 Å². The van der Waals surface area contributed by atoms with Gasteiger partial charge in [0, 0.05) is 39.4 Å². The van der Waals surface area contributed by atoms with E-state index >= 15 is 4.39 Å².